The number of halogens is 1. The van der Waals surface area contributed by atoms with Crippen LogP contribution in [0.2, 0.25) is 0 Å². The number of benzene rings is 1. The number of hydrogen-bond donors (Lipinski definition) is 2. The van der Waals surface area contributed by atoms with Crippen molar-refractivity contribution in [2.24, 2.45) is 0 Å². The van der Waals surface area contributed by atoms with Gasteiger partial charge in [-0.05, 0) is 44.9 Å². The number of carbonyl (C=O) groups is 1. The van der Waals surface area contributed by atoms with Gasteiger partial charge in [-0.2, -0.15) is 5.10 Å². The lowest BCUT2D eigenvalue weighted by atomic mass is 10.2. The molecule has 0 spiro atoms. The number of amides is 1. The van der Waals surface area contributed by atoms with E-state index in [1.165, 1.54) is 6.07 Å². The van der Waals surface area contributed by atoms with Crippen molar-refractivity contribution in [3.63, 3.8) is 0 Å². The summed E-state index contributed by atoms with van der Waals surface area (Å²) in [6.07, 6.45) is 2.60. The minimum Gasteiger partial charge on any atom is -0.349 e. The lowest BCUT2D eigenvalue weighted by Gasteiger charge is -2.12. The zero-order valence-corrected chi connectivity index (χ0v) is 14.1. The zero-order valence-electron chi connectivity index (χ0n) is 14.1. The van der Waals surface area contributed by atoms with Crippen molar-refractivity contribution in [1.29, 1.82) is 0 Å². The Labute approximate surface area is 141 Å². The third-order valence-corrected chi connectivity index (χ3v) is 4.35. The van der Waals surface area contributed by atoms with Crippen LogP contribution in [0.1, 0.15) is 42.0 Å². The fourth-order valence-electron chi connectivity index (χ4n) is 3.19. The molecule has 0 radical (unpaired) electrons. The monoisotopic (exact) mass is 330 g/mol. The minimum atomic E-state index is -0.331. The van der Waals surface area contributed by atoms with Crippen LogP contribution in [-0.2, 0) is 12.8 Å². The highest BCUT2D eigenvalue weighted by Crippen LogP contribution is 2.28. The fraction of sp³-hybridized carbons (Fsp3) is 0.444. The number of nitrogens with zero attached hydrogens (tertiary/aromatic N) is 2. The van der Waals surface area contributed by atoms with Crippen LogP contribution in [0.3, 0.4) is 0 Å². The second-order valence-corrected chi connectivity index (χ2v) is 6.16. The minimum absolute atomic E-state index is 0.187. The van der Waals surface area contributed by atoms with Crippen molar-refractivity contribution in [3.8, 4) is 5.69 Å². The molecule has 0 saturated heterocycles. The second-order valence-electron chi connectivity index (χ2n) is 6.16. The highest BCUT2D eigenvalue weighted by molar-refractivity contribution is 5.94. The van der Waals surface area contributed by atoms with Gasteiger partial charge in [-0.15, -0.1) is 0 Å². The number of nitrogens with one attached hydrogen (secondary N) is 2. The molecule has 3 rings (SSSR count). The molecule has 1 aromatic carbocycles. The van der Waals surface area contributed by atoms with Crippen molar-refractivity contribution in [3.05, 3.63) is 47.0 Å². The van der Waals surface area contributed by atoms with Crippen LogP contribution in [0.5, 0.6) is 0 Å². The number of aromatic nitrogens is 2. The van der Waals surface area contributed by atoms with E-state index in [0.717, 1.165) is 37.1 Å². The summed E-state index contributed by atoms with van der Waals surface area (Å²) < 4.78 is 15.7. The highest BCUT2D eigenvalue weighted by atomic mass is 19.1. The Morgan fingerprint density at radius 1 is 1.38 bits per heavy atom. The first-order valence-corrected chi connectivity index (χ1v) is 8.49. The first-order valence-electron chi connectivity index (χ1n) is 8.49. The molecular weight excluding hydrogens is 307 g/mol. The van der Waals surface area contributed by atoms with Crippen LogP contribution >= 0.6 is 0 Å². The molecule has 0 fully saturated rings. The molecule has 1 aromatic heterocycles. The van der Waals surface area contributed by atoms with Gasteiger partial charge in [0, 0.05) is 23.8 Å². The van der Waals surface area contributed by atoms with Gasteiger partial charge in [0.2, 0.25) is 0 Å². The van der Waals surface area contributed by atoms with Gasteiger partial charge < -0.3 is 10.6 Å². The van der Waals surface area contributed by atoms with Crippen LogP contribution in [0.15, 0.2) is 24.3 Å². The number of rotatable bonds is 6. The Balaban J connectivity index is 1.87. The lowest BCUT2D eigenvalue weighted by molar-refractivity contribution is 0.0944. The summed E-state index contributed by atoms with van der Waals surface area (Å²) in [6, 6.07) is 6.73. The maximum atomic E-state index is 14.1. The van der Waals surface area contributed by atoms with Gasteiger partial charge in [-0.25, -0.2) is 9.07 Å². The van der Waals surface area contributed by atoms with Crippen LogP contribution in [0.25, 0.3) is 5.69 Å². The van der Waals surface area contributed by atoms with E-state index in [1.54, 1.807) is 22.9 Å². The smallest absolute Gasteiger partial charge is 0.272 e. The average Bonchev–Trinajstić information content (AvgIpc) is 3.16. The van der Waals surface area contributed by atoms with Crippen LogP contribution in [0, 0.1) is 5.82 Å². The van der Waals surface area contributed by atoms with E-state index in [0.29, 0.717) is 17.9 Å². The van der Waals surface area contributed by atoms with E-state index in [-0.39, 0.29) is 17.8 Å². The molecule has 128 valence electrons. The number of carbonyl (C=O) groups excluding carboxylic acids is 1. The standard InChI is InChI=1S/C18H23FN4O/c1-3-20-12(2)11-21-18(24)17-13-7-6-10-15(13)23(22-17)16-9-5-4-8-14(16)19/h4-5,8-9,12,20H,3,6-7,10-11H2,1-2H3,(H,21,24)/t12-/m1/s1. The molecule has 2 N–H and O–H groups in total. The largest absolute Gasteiger partial charge is 0.349 e. The molecule has 1 aliphatic rings. The van der Waals surface area contributed by atoms with E-state index in [4.69, 9.17) is 0 Å². The van der Waals surface area contributed by atoms with Crippen molar-refractivity contribution in [2.75, 3.05) is 13.1 Å². The summed E-state index contributed by atoms with van der Waals surface area (Å²) in [7, 11) is 0. The Kier molecular flexibility index (Phi) is 4.94. The molecule has 5 nitrogen and oxygen atoms in total. The zero-order chi connectivity index (χ0) is 17.1. The third kappa shape index (κ3) is 3.19. The summed E-state index contributed by atoms with van der Waals surface area (Å²) in [5, 5.41) is 10.6. The maximum absolute atomic E-state index is 14.1. The van der Waals surface area contributed by atoms with Crippen molar-refractivity contribution in [1.82, 2.24) is 20.4 Å². The molecule has 0 aliphatic heterocycles. The van der Waals surface area contributed by atoms with E-state index in [2.05, 4.69) is 15.7 Å². The number of para-hydroxylation sites is 1. The Morgan fingerprint density at radius 3 is 2.92 bits per heavy atom. The quantitative estimate of drug-likeness (QED) is 0.854. The average molecular weight is 330 g/mol. The second kappa shape index (κ2) is 7.13. The number of hydrogen-bond acceptors (Lipinski definition) is 3. The Hall–Kier alpha value is -2.21. The van der Waals surface area contributed by atoms with Crippen LogP contribution < -0.4 is 10.6 Å². The molecule has 1 aliphatic carbocycles. The van der Waals surface area contributed by atoms with E-state index in [1.807, 2.05) is 13.8 Å². The van der Waals surface area contributed by atoms with Gasteiger partial charge in [-0.3, -0.25) is 4.79 Å². The molecule has 1 heterocycles. The molecule has 24 heavy (non-hydrogen) atoms. The normalized spacial score (nSPS) is 14.5. The fourth-order valence-corrected chi connectivity index (χ4v) is 3.19. The molecule has 1 amide bonds. The van der Waals surface area contributed by atoms with Gasteiger partial charge in [0.15, 0.2) is 5.69 Å². The van der Waals surface area contributed by atoms with Gasteiger partial charge in [0.05, 0.1) is 0 Å². The van der Waals surface area contributed by atoms with Crippen LogP contribution in [0.4, 0.5) is 4.39 Å². The third-order valence-electron chi connectivity index (χ3n) is 4.35. The molecule has 0 unspecified atom stereocenters. The molecule has 6 heteroatoms. The summed E-state index contributed by atoms with van der Waals surface area (Å²) in [6.45, 7) is 5.44. The molecule has 0 saturated carbocycles. The predicted molar refractivity (Wildman–Crippen MR) is 91.0 cm³/mol. The van der Waals surface area contributed by atoms with Gasteiger partial charge in [0.1, 0.15) is 11.5 Å². The topological polar surface area (TPSA) is 58.9 Å². The Morgan fingerprint density at radius 2 is 2.17 bits per heavy atom. The summed E-state index contributed by atoms with van der Waals surface area (Å²) in [4.78, 5) is 12.5. The summed E-state index contributed by atoms with van der Waals surface area (Å²) >= 11 is 0. The Bertz CT molecular complexity index is 741. The summed E-state index contributed by atoms with van der Waals surface area (Å²) in [5.41, 5.74) is 2.72. The number of fused-ring (bicyclic) bond motifs is 1. The van der Waals surface area contributed by atoms with Gasteiger partial charge >= 0.3 is 0 Å². The first kappa shape index (κ1) is 16.6. The van der Waals surface area contributed by atoms with Crippen LogP contribution in [-0.4, -0.2) is 34.8 Å². The molecule has 1 atom stereocenters. The summed E-state index contributed by atoms with van der Waals surface area (Å²) in [5.74, 6) is -0.518. The first-order chi connectivity index (χ1) is 11.6. The molecule has 0 bridgehead atoms. The van der Waals surface area contributed by atoms with E-state index < -0.39 is 0 Å². The molecular formula is C18H23FN4O. The van der Waals surface area contributed by atoms with E-state index >= 15 is 0 Å². The lowest BCUT2D eigenvalue weighted by Crippen LogP contribution is -2.39. The SMILES string of the molecule is CCN[C@H](C)CNC(=O)c1nn(-c2ccccc2F)c2c1CCC2. The van der Waals surface area contributed by atoms with Gasteiger partial charge in [0.25, 0.3) is 5.91 Å². The number of likely N-dealkylation sites (N-methyl/N-ethyl adjacent to an activating group) is 1. The van der Waals surface area contributed by atoms with Gasteiger partial charge in [-0.1, -0.05) is 19.1 Å². The molecule has 2 aromatic rings. The maximum Gasteiger partial charge on any atom is 0.272 e. The highest BCUT2D eigenvalue weighted by Gasteiger charge is 2.27. The van der Waals surface area contributed by atoms with Crippen molar-refractivity contribution in [2.45, 2.75) is 39.2 Å². The van der Waals surface area contributed by atoms with Crippen molar-refractivity contribution < 1.29 is 9.18 Å². The van der Waals surface area contributed by atoms with Crippen molar-refractivity contribution >= 4 is 5.91 Å². The predicted octanol–water partition coefficient (Wildman–Crippen LogP) is 2.23. The van der Waals surface area contributed by atoms with E-state index in [9.17, 15) is 9.18 Å².